The number of hydrogen-bond acceptors (Lipinski definition) is 15. The lowest BCUT2D eigenvalue weighted by atomic mass is 9.68. The molecule has 1 fully saturated rings. The number of anilines is 1. The molecule has 1 saturated heterocycles. The first-order valence-corrected chi connectivity index (χ1v) is 22.4. The molecular weight excluding hydrogens is 935 g/mol. The summed E-state index contributed by atoms with van der Waals surface area (Å²) in [6, 6.07) is 9.15. The number of carbonyl (C=O) groups is 11. The van der Waals surface area contributed by atoms with Crippen LogP contribution in [0.1, 0.15) is 68.3 Å². The van der Waals surface area contributed by atoms with E-state index in [9.17, 15) is 68.1 Å². The molecule has 4 rings (SSSR count). The lowest BCUT2D eigenvalue weighted by molar-refractivity contribution is -0.236. The highest BCUT2D eigenvalue weighted by Gasteiger charge is 2.46. The van der Waals surface area contributed by atoms with E-state index in [1.807, 2.05) is 18.2 Å². The number of benzene rings is 2. The third-order valence-corrected chi connectivity index (χ3v) is 12.1. The molecule has 1 aliphatic heterocycles. The average Bonchev–Trinajstić information content (AvgIpc) is 3.63. The molecule has 1 unspecified atom stereocenters. The molecule has 2 aromatic carbocycles. The van der Waals surface area contributed by atoms with Gasteiger partial charge in [-0.2, -0.15) is 5.26 Å². The molecule has 0 aliphatic carbocycles. The highest BCUT2D eigenvalue weighted by molar-refractivity contribution is 6.00. The number of Topliss-reactive ketones (excluding diaryl/α,β-unsaturated/α-hetero) is 1. The van der Waals surface area contributed by atoms with Crippen LogP contribution < -0.4 is 32.3 Å². The Morgan fingerprint density at radius 1 is 0.775 bits per heavy atom. The number of hydrogen-bond donors (Lipinski definition) is 11. The fourth-order valence-corrected chi connectivity index (χ4v) is 8.36. The summed E-state index contributed by atoms with van der Waals surface area (Å²) in [4.78, 5) is 148. The van der Waals surface area contributed by atoms with E-state index < -0.39 is 128 Å². The molecule has 6 amide bonds. The minimum absolute atomic E-state index is 0.00909. The number of para-hydroxylation sites is 1. The number of carboxylic acid groups (broad SMARTS) is 3. The van der Waals surface area contributed by atoms with Crippen LogP contribution in [0.3, 0.4) is 0 Å². The topological polar surface area (TPSA) is 386 Å². The van der Waals surface area contributed by atoms with Crippen molar-refractivity contribution in [3.63, 3.8) is 0 Å². The van der Waals surface area contributed by atoms with Crippen molar-refractivity contribution in [2.24, 2.45) is 17.1 Å². The highest BCUT2D eigenvalue weighted by atomic mass is 17.1. The Hall–Kier alpha value is -7.77. The molecule has 1 aliphatic rings. The number of fused-ring (bicyclic) bond motifs is 1. The molecule has 0 saturated carbocycles. The quantitative estimate of drug-likeness (QED) is 0.0337. The Kier molecular flexibility index (Phi) is 20.7. The molecule has 4 atom stereocenters. The van der Waals surface area contributed by atoms with Crippen LogP contribution in [-0.4, -0.2) is 164 Å². The van der Waals surface area contributed by atoms with Crippen molar-refractivity contribution in [1.29, 1.82) is 0 Å². The number of nitrogens with one attached hydrogen (secondary N) is 6. The van der Waals surface area contributed by atoms with Crippen LogP contribution in [0, 0.1) is 11.3 Å². The Bertz CT molecular complexity index is 2430. The van der Waals surface area contributed by atoms with Gasteiger partial charge in [-0.15, -0.1) is 0 Å². The number of carbonyl (C=O) groups excluding carboxylic acids is 8. The first-order valence-electron chi connectivity index (χ1n) is 22.4. The maximum absolute atomic E-state index is 13.8. The van der Waals surface area contributed by atoms with Crippen LogP contribution in [0.2, 0.25) is 0 Å². The number of aromatic nitrogens is 1. The van der Waals surface area contributed by atoms with Gasteiger partial charge in [-0.25, -0.2) is 4.79 Å². The van der Waals surface area contributed by atoms with Crippen LogP contribution >= 0.6 is 0 Å². The van der Waals surface area contributed by atoms with Crippen molar-refractivity contribution in [1.82, 2.24) is 36.1 Å². The lowest BCUT2D eigenvalue weighted by Gasteiger charge is -2.43. The molecule has 71 heavy (non-hydrogen) atoms. The van der Waals surface area contributed by atoms with Gasteiger partial charge in [0.15, 0.2) is 5.78 Å². The second kappa shape index (κ2) is 26.3. The first-order chi connectivity index (χ1) is 33.6. The van der Waals surface area contributed by atoms with E-state index in [2.05, 4.69) is 36.5 Å². The van der Waals surface area contributed by atoms with Crippen LogP contribution in [0.5, 0.6) is 0 Å². The maximum atomic E-state index is 13.8. The summed E-state index contributed by atoms with van der Waals surface area (Å²) in [5.74, 6) is -11.0. The number of primary amides is 1. The van der Waals surface area contributed by atoms with Crippen LogP contribution in [0.25, 0.3) is 10.9 Å². The number of aromatic amines is 1. The number of nitrogens with zero attached hydrogens (tertiary/aromatic N) is 2. The molecule has 25 heteroatoms. The molecule has 1 aromatic heterocycles. The summed E-state index contributed by atoms with van der Waals surface area (Å²) in [6.07, 6.45) is -0.843. The van der Waals surface area contributed by atoms with Crippen molar-refractivity contribution in [3.8, 4) is 0 Å². The molecule has 12 N–H and O–H groups in total. The Morgan fingerprint density at radius 3 is 1.97 bits per heavy atom. The van der Waals surface area contributed by atoms with Gasteiger partial charge < -0.3 is 57.5 Å². The van der Waals surface area contributed by atoms with E-state index in [4.69, 9.17) is 11.0 Å². The molecule has 2 heterocycles. The van der Waals surface area contributed by atoms with Gasteiger partial charge in [0.25, 0.3) is 5.91 Å². The zero-order chi connectivity index (χ0) is 52.4. The van der Waals surface area contributed by atoms with Gasteiger partial charge in [0, 0.05) is 85.6 Å². The van der Waals surface area contributed by atoms with Gasteiger partial charge in [0.05, 0.1) is 32.1 Å². The number of aliphatic carboxylic acids is 3. The third-order valence-electron chi connectivity index (χ3n) is 12.1. The zero-order valence-electron chi connectivity index (χ0n) is 39.1. The molecule has 25 nitrogen and oxygen atoms in total. The van der Waals surface area contributed by atoms with Crippen molar-refractivity contribution in [2.75, 3.05) is 51.1 Å². The number of rotatable bonds is 27. The summed E-state index contributed by atoms with van der Waals surface area (Å²) in [6.45, 7) is 0.901. The third kappa shape index (κ3) is 17.6. The van der Waals surface area contributed by atoms with Gasteiger partial charge in [-0.05, 0) is 68.5 Å². The smallest absolute Gasteiger partial charge is 0.342 e. The number of nitrogens with two attached hydrogens (primary N) is 1. The summed E-state index contributed by atoms with van der Waals surface area (Å²) in [5.41, 5.74) is 5.61. The number of amides is 6. The van der Waals surface area contributed by atoms with E-state index in [0.29, 0.717) is 5.56 Å². The van der Waals surface area contributed by atoms with E-state index >= 15 is 0 Å². The molecule has 384 valence electrons. The maximum Gasteiger partial charge on any atom is 0.342 e. The number of ketones is 1. The fraction of sp³-hybridized carbons (Fsp3) is 0.457. The van der Waals surface area contributed by atoms with Gasteiger partial charge in [-0.1, -0.05) is 18.2 Å². The van der Waals surface area contributed by atoms with Crippen molar-refractivity contribution < 1.29 is 78.2 Å². The molecule has 0 spiro atoms. The predicted molar refractivity (Wildman–Crippen MR) is 249 cm³/mol. The Morgan fingerprint density at radius 2 is 1.39 bits per heavy atom. The van der Waals surface area contributed by atoms with Crippen LogP contribution in [0.4, 0.5) is 5.69 Å². The zero-order valence-corrected chi connectivity index (χ0v) is 39.1. The molecule has 0 radical (unpaired) electrons. The lowest BCUT2D eigenvalue weighted by Crippen LogP contribution is -2.56. The predicted octanol–water partition coefficient (Wildman–Crippen LogP) is -0.542. The van der Waals surface area contributed by atoms with Crippen LogP contribution in [0.15, 0.2) is 54.7 Å². The largest absolute Gasteiger partial charge is 0.481 e. The van der Waals surface area contributed by atoms with E-state index in [0.717, 1.165) is 10.9 Å². The van der Waals surface area contributed by atoms with E-state index in [-0.39, 0.29) is 68.9 Å². The summed E-state index contributed by atoms with van der Waals surface area (Å²) >= 11 is 0. The second-order valence-electron chi connectivity index (χ2n) is 17.4. The van der Waals surface area contributed by atoms with Gasteiger partial charge in [-0.3, -0.25) is 57.7 Å². The standard InChI is InChI=1S/C46H59N9O16/c1-26(27(2)56)50-45(69)35(17-29-20-48-33-6-4-3-5-32(29)33)53-44(68)34(11-12-36(47)57)52-43(67)28-7-9-31(10-8-28)51-38(59)21-49-37(58)13-14-46(30(18-39(60)61)19-42(66)71-70)24-54(22-40(62)63)15-16-55(25-46)23-41(64)65/h3-10,20,26,30,34-35,48,70H,11-19,21-25H2,1-2H3,(H2,47,57)(H,49,58)(H,50,69)(H,51,59)(H,52,67)(H,53,68)(H,60,61)(H,62,63)(H,64,65)/t26-,30?,34-,35-/m0/s1. The first kappa shape index (κ1) is 55.8. The van der Waals surface area contributed by atoms with Gasteiger partial charge in [0.2, 0.25) is 29.5 Å². The summed E-state index contributed by atoms with van der Waals surface area (Å²) in [5, 5.41) is 51.6. The molecule has 0 bridgehead atoms. The van der Waals surface area contributed by atoms with Crippen molar-refractivity contribution in [2.45, 2.75) is 76.9 Å². The van der Waals surface area contributed by atoms with Gasteiger partial charge in [0.1, 0.15) is 12.1 Å². The van der Waals surface area contributed by atoms with Crippen molar-refractivity contribution >= 4 is 81.7 Å². The second-order valence-corrected chi connectivity index (χ2v) is 17.4. The van der Waals surface area contributed by atoms with E-state index in [1.54, 1.807) is 12.3 Å². The number of H-pyrrole nitrogens is 1. The summed E-state index contributed by atoms with van der Waals surface area (Å²) in [7, 11) is 0. The molecular formula is C46H59N9O16. The minimum atomic E-state index is -1.42. The molecule has 3 aromatic rings. The van der Waals surface area contributed by atoms with Crippen LogP contribution in [-0.2, 0) is 59.3 Å². The minimum Gasteiger partial charge on any atom is -0.481 e. The SMILES string of the molecule is CC(=O)[C@H](C)NC(=O)[C@H](Cc1c[nH]c2ccccc12)NC(=O)[C@H](CCC(N)=O)NC(=O)c1ccc(NC(=O)CNC(=O)CCC2(C(CC(=O)O)CC(=O)OO)CN(CC(=O)O)CCN(CC(=O)O)C2)cc1. The highest BCUT2D eigenvalue weighted by Crippen LogP contribution is 2.41. The fourth-order valence-electron chi connectivity index (χ4n) is 8.36. The van der Waals surface area contributed by atoms with E-state index in [1.165, 1.54) is 47.9 Å². The monoisotopic (exact) mass is 993 g/mol. The summed E-state index contributed by atoms with van der Waals surface area (Å²) < 4.78 is 0. The average molecular weight is 994 g/mol. The Labute approximate surface area is 406 Å². The number of carboxylic acids is 3. The normalized spacial score (nSPS) is 15.4. The van der Waals surface area contributed by atoms with Crippen molar-refractivity contribution in [3.05, 3.63) is 65.9 Å². The van der Waals surface area contributed by atoms with Gasteiger partial charge >= 0.3 is 23.9 Å². The Balaban J connectivity index is 1.43.